The molecule has 0 aliphatic carbocycles. The Labute approximate surface area is 162 Å². The minimum atomic E-state index is -0.203. The third-order valence-electron chi connectivity index (χ3n) is 5.04. The summed E-state index contributed by atoms with van der Waals surface area (Å²) in [6, 6.07) is 5.42. The highest BCUT2D eigenvalue weighted by molar-refractivity contribution is 5.95. The molecule has 1 aliphatic heterocycles. The highest BCUT2D eigenvalue weighted by atomic mass is 16.1. The van der Waals surface area contributed by atoms with E-state index in [4.69, 9.17) is 4.99 Å². The molecular formula is C20H23N7O. The maximum Gasteiger partial charge on any atom is 0.282 e. The van der Waals surface area contributed by atoms with E-state index in [0.717, 1.165) is 32.0 Å². The van der Waals surface area contributed by atoms with E-state index in [-0.39, 0.29) is 5.56 Å². The fourth-order valence-electron chi connectivity index (χ4n) is 3.35. The smallest absolute Gasteiger partial charge is 0.282 e. The standard InChI is InChI=1S/C20H23N7O/c1-4-16-19(23-14(2)26-11-9-25(3)10-12-26)18-15(13-22-16)20(28)27(24-18)17-7-5-6-8-21-17/h4-8,13,24H,1,9-12H2,2-3H3. The van der Waals surface area contributed by atoms with Crippen LogP contribution < -0.4 is 5.56 Å². The second-order valence-corrected chi connectivity index (χ2v) is 6.87. The normalized spacial score (nSPS) is 15.9. The van der Waals surface area contributed by atoms with Gasteiger partial charge in [-0.25, -0.2) is 14.7 Å². The Morgan fingerprint density at radius 3 is 2.71 bits per heavy atom. The molecule has 1 saturated heterocycles. The van der Waals surface area contributed by atoms with Crippen molar-refractivity contribution in [2.75, 3.05) is 33.2 Å². The topological polar surface area (TPSA) is 82.4 Å². The van der Waals surface area contributed by atoms with E-state index in [1.54, 1.807) is 24.5 Å². The highest BCUT2D eigenvalue weighted by Crippen LogP contribution is 2.27. The van der Waals surface area contributed by atoms with Gasteiger partial charge in [-0.2, -0.15) is 0 Å². The molecular weight excluding hydrogens is 354 g/mol. The number of aromatic nitrogens is 4. The number of pyridine rings is 2. The van der Waals surface area contributed by atoms with Gasteiger partial charge in [-0.15, -0.1) is 0 Å². The second-order valence-electron chi connectivity index (χ2n) is 6.87. The number of likely N-dealkylation sites (N-methyl/N-ethyl adjacent to an activating group) is 1. The van der Waals surface area contributed by atoms with Gasteiger partial charge >= 0.3 is 0 Å². The lowest BCUT2D eigenvalue weighted by Gasteiger charge is -2.33. The molecule has 28 heavy (non-hydrogen) atoms. The van der Waals surface area contributed by atoms with Crippen molar-refractivity contribution in [2.24, 2.45) is 4.99 Å². The fraction of sp³-hybridized carbons (Fsp3) is 0.300. The van der Waals surface area contributed by atoms with Gasteiger partial charge in [0.2, 0.25) is 0 Å². The van der Waals surface area contributed by atoms with Gasteiger partial charge in [-0.05, 0) is 32.2 Å². The van der Waals surface area contributed by atoms with Crippen molar-refractivity contribution in [3.63, 3.8) is 0 Å². The van der Waals surface area contributed by atoms with Crippen LogP contribution >= 0.6 is 0 Å². The van der Waals surface area contributed by atoms with E-state index >= 15 is 0 Å². The zero-order valence-corrected chi connectivity index (χ0v) is 16.1. The van der Waals surface area contributed by atoms with Crippen LogP contribution in [0, 0.1) is 0 Å². The van der Waals surface area contributed by atoms with Crippen LogP contribution in [0.15, 0.2) is 47.0 Å². The summed E-state index contributed by atoms with van der Waals surface area (Å²) in [5, 5.41) is 3.63. The van der Waals surface area contributed by atoms with E-state index in [0.29, 0.717) is 28.1 Å². The quantitative estimate of drug-likeness (QED) is 0.558. The molecule has 8 nitrogen and oxygen atoms in total. The third-order valence-corrected chi connectivity index (χ3v) is 5.04. The average molecular weight is 377 g/mol. The molecule has 0 amide bonds. The molecule has 0 unspecified atom stereocenters. The number of aromatic amines is 1. The van der Waals surface area contributed by atoms with Gasteiger partial charge in [-0.1, -0.05) is 12.6 Å². The first-order valence-corrected chi connectivity index (χ1v) is 9.25. The van der Waals surface area contributed by atoms with Gasteiger partial charge in [0.1, 0.15) is 11.5 Å². The molecule has 1 N–H and O–H groups in total. The summed E-state index contributed by atoms with van der Waals surface area (Å²) in [6.07, 6.45) is 4.87. The molecule has 0 saturated carbocycles. The van der Waals surface area contributed by atoms with Gasteiger partial charge < -0.3 is 9.80 Å². The minimum Gasteiger partial charge on any atom is -0.358 e. The van der Waals surface area contributed by atoms with Crippen molar-refractivity contribution in [3.05, 3.63) is 53.2 Å². The fourth-order valence-corrected chi connectivity index (χ4v) is 3.35. The molecule has 3 aromatic rings. The predicted octanol–water partition coefficient (Wildman–Crippen LogP) is 2.05. The number of aliphatic imine (C=N–C) groups is 1. The molecule has 1 fully saturated rings. The van der Waals surface area contributed by atoms with Gasteiger partial charge in [0, 0.05) is 38.6 Å². The maximum atomic E-state index is 12.9. The maximum absolute atomic E-state index is 12.9. The molecule has 8 heteroatoms. The largest absolute Gasteiger partial charge is 0.358 e. The first-order chi connectivity index (χ1) is 13.6. The second kappa shape index (κ2) is 7.40. The van der Waals surface area contributed by atoms with Crippen LogP contribution in [0.1, 0.15) is 12.6 Å². The molecule has 1 aliphatic rings. The Morgan fingerprint density at radius 1 is 1.25 bits per heavy atom. The van der Waals surface area contributed by atoms with Crippen LogP contribution in [0.3, 0.4) is 0 Å². The zero-order chi connectivity index (χ0) is 19.7. The summed E-state index contributed by atoms with van der Waals surface area (Å²) in [5.41, 5.74) is 1.69. The lowest BCUT2D eigenvalue weighted by molar-refractivity contribution is 0.215. The molecule has 4 rings (SSSR count). The molecule has 0 bridgehead atoms. The molecule has 0 radical (unpaired) electrons. The minimum absolute atomic E-state index is 0.203. The zero-order valence-electron chi connectivity index (χ0n) is 16.1. The Bertz CT molecular complexity index is 1090. The van der Waals surface area contributed by atoms with Crippen molar-refractivity contribution >= 4 is 28.5 Å². The van der Waals surface area contributed by atoms with Gasteiger partial charge in [0.25, 0.3) is 5.56 Å². The van der Waals surface area contributed by atoms with Crippen LogP contribution in [0.2, 0.25) is 0 Å². The van der Waals surface area contributed by atoms with Crippen molar-refractivity contribution in [1.29, 1.82) is 0 Å². The van der Waals surface area contributed by atoms with Gasteiger partial charge in [-0.3, -0.25) is 14.9 Å². The van der Waals surface area contributed by atoms with E-state index in [2.05, 4.69) is 38.5 Å². The SMILES string of the molecule is C=Cc1ncc2c(=O)n(-c3ccccn3)[nH]c2c1N=C(C)N1CCN(C)CC1. The Hall–Kier alpha value is -3.26. The summed E-state index contributed by atoms with van der Waals surface area (Å²) in [6.45, 7) is 9.68. The van der Waals surface area contributed by atoms with Crippen LogP contribution in [0.25, 0.3) is 22.8 Å². The van der Waals surface area contributed by atoms with Crippen LogP contribution in [0.4, 0.5) is 5.69 Å². The van der Waals surface area contributed by atoms with Gasteiger partial charge in [0.05, 0.1) is 16.6 Å². The first kappa shape index (κ1) is 18.1. The number of amidine groups is 1. The summed E-state index contributed by atoms with van der Waals surface area (Å²) in [4.78, 5) is 30.9. The molecule has 3 aromatic heterocycles. The molecule has 144 valence electrons. The Balaban J connectivity index is 1.84. The number of nitrogens with one attached hydrogen (secondary N) is 1. The van der Waals surface area contributed by atoms with E-state index in [1.807, 2.05) is 19.1 Å². The summed E-state index contributed by atoms with van der Waals surface area (Å²) < 4.78 is 1.42. The van der Waals surface area contributed by atoms with Crippen LogP contribution in [-0.2, 0) is 0 Å². The van der Waals surface area contributed by atoms with Crippen LogP contribution in [-0.4, -0.2) is 68.6 Å². The summed E-state index contributed by atoms with van der Waals surface area (Å²) >= 11 is 0. The number of nitrogens with zero attached hydrogens (tertiary/aromatic N) is 6. The van der Waals surface area contributed by atoms with Crippen LogP contribution in [0.5, 0.6) is 0 Å². The van der Waals surface area contributed by atoms with E-state index in [1.165, 1.54) is 4.68 Å². The predicted molar refractivity (Wildman–Crippen MR) is 111 cm³/mol. The van der Waals surface area contributed by atoms with E-state index in [9.17, 15) is 4.79 Å². The number of H-pyrrole nitrogens is 1. The third kappa shape index (κ3) is 3.22. The monoisotopic (exact) mass is 377 g/mol. The van der Waals surface area contributed by atoms with Crippen molar-refractivity contribution in [3.8, 4) is 5.82 Å². The van der Waals surface area contributed by atoms with Crippen molar-refractivity contribution in [1.82, 2.24) is 29.5 Å². The summed E-state index contributed by atoms with van der Waals surface area (Å²) in [5.74, 6) is 1.42. The highest BCUT2D eigenvalue weighted by Gasteiger charge is 2.18. The van der Waals surface area contributed by atoms with Crippen molar-refractivity contribution in [2.45, 2.75) is 6.92 Å². The molecule has 0 aromatic carbocycles. The molecule has 0 spiro atoms. The molecule has 0 atom stereocenters. The Morgan fingerprint density at radius 2 is 2.04 bits per heavy atom. The number of piperazine rings is 1. The Kier molecular flexibility index (Phi) is 4.79. The number of rotatable bonds is 3. The lowest BCUT2D eigenvalue weighted by Crippen LogP contribution is -2.46. The average Bonchev–Trinajstić information content (AvgIpc) is 3.06. The molecule has 4 heterocycles. The number of fused-ring (bicyclic) bond motifs is 1. The van der Waals surface area contributed by atoms with Crippen molar-refractivity contribution < 1.29 is 0 Å². The first-order valence-electron chi connectivity index (χ1n) is 9.25. The van der Waals surface area contributed by atoms with E-state index < -0.39 is 0 Å². The lowest BCUT2D eigenvalue weighted by atomic mass is 10.2. The summed E-state index contributed by atoms with van der Waals surface area (Å²) in [7, 11) is 2.12. The number of hydrogen-bond donors (Lipinski definition) is 1. The number of hydrogen-bond acceptors (Lipinski definition) is 5. The van der Waals surface area contributed by atoms with Gasteiger partial charge in [0.15, 0.2) is 5.82 Å².